The van der Waals surface area contributed by atoms with E-state index < -0.39 is 10.0 Å². The Balaban J connectivity index is 2.16. The molecule has 0 amide bonds. The molecule has 1 atom stereocenters. The molecule has 2 rings (SSSR count). The fourth-order valence-electron chi connectivity index (χ4n) is 2.04. The highest BCUT2D eigenvalue weighted by Gasteiger charge is 2.22. The highest BCUT2D eigenvalue weighted by molar-refractivity contribution is 7.89. The van der Waals surface area contributed by atoms with Crippen LogP contribution in [0.4, 0.5) is 5.69 Å². The Morgan fingerprint density at radius 1 is 1.53 bits per heavy atom. The van der Waals surface area contributed by atoms with E-state index >= 15 is 0 Å². The van der Waals surface area contributed by atoms with Gasteiger partial charge in [0.1, 0.15) is 0 Å². The number of benzene rings is 1. The van der Waals surface area contributed by atoms with E-state index in [-0.39, 0.29) is 23.2 Å². The van der Waals surface area contributed by atoms with Gasteiger partial charge in [-0.2, -0.15) is 0 Å². The van der Waals surface area contributed by atoms with Crippen molar-refractivity contribution < 1.29 is 13.2 Å². The van der Waals surface area contributed by atoms with Gasteiger partial charge in [-0.15, -0.1) is 0 Å². The lowest BCUT2D eigenvalue weighted by Gasteiger charge is -2.13. The summed E-state index contributed by atoms with van der Waals surface area (Å²) in [6.07, 6.45) is 1.81. The van der Waals surface area contributed by atoms with E-state index in [1.165, 1.54) is 6.07 Å². The topological polar surface area (TPSA) is 81.4 Å². The smallest absolute Gasteiger partial charge is 0.240 e. The van der Waals surface area contributed by atoms with Crippen molar-refractivity contribution in [2.24, 2.45) is 0 Å². The maximum atomic E-state index is 12.2. The minimum absolute atomic E-state index is 0.0419. The van der Waals surface area contributed by atoms with Crippen molar-refractivity contribution in [1.82, 2.24) is 4.72 Å². The van der Waals surface area contributed by atoms with Crippen LogP contribution >= 0.6 is 11.6 Å². The molecule has 19 heavy (non-hydrogen) atoms. The van der Waals surface area contributed by atoms with Crippen molar-refractivity contribution in [2.75, 3.05) is 18.9 Å². The van der Waals surface area contributed by atoms with Gasteiger partial charge in [0.2, 0.25) is 10.0 Å². The lowest BCUT2D eigenvalue weighted by atomic mass is 10.2. The number of hydrogen-bond donors (Lipinski definition) is 2. The summed E-state index contributed by atoms with van der Waals surface area (Å²) in [6.45, 7) is 2.66. The molecule has 1 aromatic rings. The summed E-state index contributed by atoms with van der Waals surface area (Å²) >= 11 is 5.86. The first-order chi connectivity index (χ1) is 8.90. The van der Waals surface area contributed by atoms with Crippen molar-refractivity contribution in [3.05, 3.63) is 22.7 Å². The number of aryl methyl sites for hydroxylation is 1. The summed E-state index contributed by atoms with van der Waals surface area (Å²) in [7, 11) is -3.59. The Morgan fingerprint density at radius 3 is 2.89 bits per heavy atom. The summed E-state index contributed by atoms with van der Waals surface area (Å²) in [6, 6.07) is 2.94. The van der Waals surface area contributed by atoms with Crippen LogP contribution in [0.1, 0.15) is 18.4 Å². The highest BCUT2D eigenvalue weighted by Crippen LogP contribution is 2.26. The van der Waals surface area contributed by atoms with Crippen molar-refractivity contribution in [1.29, 1.82) is 0 Å². The van der Waals surface area contributed by atoms with Gasteiger partial charge in [-0.1, -0.05) is 11.6 Å². The third-order valence-electron chi connectivity index (χ3n) is 3.11. The molecule has 1 unspecified atom stereocenters. The maximum absolute atomic E-state index is 12.2. The second-order valence-corrected chi connectivity index (χ2v) is 6.77. The number of nitrogens with two attached hydrogens (primary N) is 1. The highest BCUT2D eigenvalue weighted by atomic mass is 35.5. The average molecular weight is 305 g/mol. The van der Waals surface area contributed by atoms with Crippen LogP contribution in [-0.4, -0.2) is 27.7 Å². The van der Waals surface area contributed by atoms with Gasteiger partial charge in [0.15, 0.2) is 0 Å². The quantitative estimate of drug-likeness (QED) is 0.829. The number of anilines is 1. The van der Waals surface area contributed by atoms with Crippen LogP contribution in [0.3, 0.4) is 0 Å². The van der Waals surface area contributed by atoms with E-state index in [4.69, 9.17) is 22.1 Å². The number of nitrogens with one attached hydrogen (secondary N) is 1. The number of halogens is 1. The van der Waals surface area contributed by atoms with Gasteiger partial charge in [0, 0.05) is 13.2 Å². The molecule has 0 aliphatic carbocycles. The fourth-order valence-corrected chi connectivity index (χ4v) is 3.59. The number of ether oxygens (including phenoxy) is 1. The molecular formula is C12H17ClN2O3S. The minimum Gasteiger partial charge on any atom is -0.397 e. The van der Waals surface area contributed by atoms with E-state index in [0.717, 1.165) is 12.8 Å². The first kappa shape index (κ1) is 14.6. The molecule has 1 saturated heterocycles. The second kappa shape index (κ2) is 5.66. The molecule has 1 aliphatic heterocycles. The van der Waals surface area contributed by atoms with Crippen LogP contribution in [0, 0.1) is 6.92 Å². The molecular weight excluding hydrogens is 288 g/mol. The molecule has 0 radical (unpaired) electrons. The van der Waals surface area contributed by atoms with Gasteiger partial charge in [-0.25, -0.2) is 13.1 Å². The third-order valence-corrected chi connectivity index (χ3v) is 5.00. The summed E-state index contributed by atoms with van der Waals surface area (Å²) in [5.41, 5.74) is 6.48. The van der Waals surface area contributed by atoms with E-state index in [1.54, 1.807) is 13.0 Å². The monoisotopic (exact) mass is 304 g/mol. The minimum atomic E-state index is -3.59. The van der Waals surface area contributed by atoms with Crippen LogP contribution in [-0.2, 0) is 14.8 Å². The average Bonchev–Trinajstić information content (AvgIpc) is 2.84. The number of rotatable bonds is 4. The summed E-state index contributed by atoms with van der Waals surface area (Å²) in [4.78, 5) is 0.160. The second-order valence-electron chi connectivity index (χ2n) is 4.63. The van der Waals surface area contributed by atoms with Gasteiger partial charge >= 0.3 is 0 Å². The molecule has 0 aromatic heterocycles. The Kier molecular flexibility index (Phi) is 4.35. The molecule has 1 heterocycles. The largest absolute Gasteiger partial charge is 0.397 e. The Labute approximate surface area is 118 Å². The number of nitrogen functional groups attached to an aromatic ring is 1. The van der Waals surface area contributed by atoms with Gasteiger partial charge in [-0.05, 0) is 37.5 Å². The van der Waals surface area contributed by atoms with Crippen molar-refractivity contribution in [3.63, 3.8) is 0 Å². The molecule has 0 saturated carbocycles. The van der Waals surface area contributed by atoms with Gasteiger partial charge in [0.05, 0.1) is 21.7 Å². The van der Waals surface area contributed by atoms with E-state index in [9.17, 15) is 8.42 Å². The molecule has 0 bridgehead atoms. The van der Waals surface area contributed by atoms with E-state index in [2.05, 4.69) is 4.72 Å². The SMILES string of the molecule is Cc1cc(Cl)c(N)cc1S(=O)(=O)NCC1CCCO1. The van der Waals surface area contributed by atoms with Crippen molar-refractivity contribution in [2.45, 2.75) is 30.8 Å². The van der Waals surface area contributed by atoms with Gasteiger partial charge in [0.25, 0.3) is 0 Å². The summed E-state index contributed by atoms with van der Waals surface area (Å²) in [5, 5.41) is 0.357. The number of hydrogen-bond acceptors (Lipinski definition) is 4. The fraction of sp³-hybridized carbons (Fsp3) is 0.500. The lowest BCUT2D eigenvalue weighted by Crippen LogP contribution is -2.32. The van der Waals surface area contributed by atoms with Crippen LogP contribution in [0.25, 0.3) is 0 Å². The normalized spacial score (nSPS) is 19.8. The zero-order valence-corrected chi connectivity index (χ0v) is 12.2. The molecule has 106 valence electrons. The molecule has 3 N–H and O–H groups in total. The Hall–Kier alpha value is -0.820. The third kappa shape index (κ3) is 3.39. The molecule has 0 spiro atoms. The standard InChI is InChI=1S/C12H17ClN2O3S/c1-8-5-10(13)11(14)6-12(8)19(16,17)15-7-9-3-2-4-18-9/h5-6,9,15H,2-4,7,14H2,1H3. The Morgan fingerprint density at radius 2 is 2.26 bits per heavy atom. The van der Waals surface area contributed by atoms with Crippen LogP contribution in [0.15, 0.2) is 17.0 Å². The van der Waals surface area contributed by atoms with E-state index in [0.29, 0.717) is 17.2 Å². The molecule has 5 nitrogen and oxygen atoms in total. The summed E-state index contributed by atoms with van der Waals surface area (Å²) < 4.78 is 32.4. The first-order valence-corrected chi connectivity index (χ1v) is 7.93. The van der Waals surface area contributed by atoms with Crippen molar-refractivity contribution in [3.8, 4) is 0 Å². The zero-order chi connectivity index (χ0) is 14.0. The molecule has 7 heteroatoms. The van der Waals surface area contributed by atoms with Gasteiger partial charge in [-0.3, -0.25) is 0 Å². The lowest BCUT2D eigenvalue weighted by molar-refractivity contribution is 0.114. The van der Waals surface area contributed by atoms with Gasteiger partial charge < -0.3 is 10.5 Å². The predicted molar refractivity (Wildman–Crippen MR) is 74.8 cm³/mol. The molecule has 1 aliphatic rings. The summed E-state index contributed by atoms with van der Waals surface area (Å²) in [5.74, 6) is 0. The maximum Gasteiger partial charge on any atom is 0.240 e. The van der Waals surface area contributed by atoms with Crippen LogP contribution < -0.4 is 10.5 Å². The first-order valence-electron chi connectivity index (χ1n) is 6.07. The van der Waals surface area contributed by atoms with Crippen molar-refractivity contribution >= 4 is 27.3 Å². The Bertz CT molecular complexity index is 569. The van der Waals surface area contributed by atoms with Crippen LogP contribution in [0.5, 0.6) is 0 Å². The number of sulfonamides is 1. The molecule has 1 aromatic carbocycles. The van der Waals surface area contributed by atoms with E-state index in [1.807, 2.05) is 0 Å². The predicted octanol–water partition coefficient (Wildman–Crippen LogP) is 1.69. The van der Waals surface area contributed by atoms with Crippen LogP contribution in [0.2, 0.25) is 5.02 Å². The molecule has 1 fully saturated rings. The zero-order valence-electron chi connectivity index (χ0n) is 10.6.